The molecule has 1 amide bonds. The number of hydrogen-bond acceptors (Lipinski definition) is 3. The summed E-state index contributed by atoms with van der Waals surface area (Å²) in [5.41, 5.74) is -0.489. The van der Waals surface area contributed by atoms with Gasteiger partial charge in [0.25, 0.3) is 0 Å². The molecule has 0 spiro atoms. The molecule has 0 aromatic heterocycles. The lowest BCUT2D eigenvalue weighted by Gasteiger charge is -2.21. The monoisotopic (exact) mass is 257 g/mol. The maximum atomic E-state index is 11.6. The van der Waals surface area contributed by atoms with Gasteiger partial charge >= 0.3 is 5.97 Å². The Morgan fingerprint density at radius 1 is 1.17 bits per heavy atom. The topological polar surface area (TPSA) is 55.4 Å². The Morgan fingerprint density at radius 3 is 2.17 bits per heavy atom. The number of ether oxygens (including phenoxy) is 1. The smallest absolute Gasteiger partial charge is 0.306 e. The lowest BCUT2D eigenvalue weighted by atomic mass is 10.0. The average Bonchev–Trinajstić information content (AvgIpc) is 2.22. The lowest BCUT2D eigenvalue weighted by Crippen LogP contribution is -2.37. The van der Waals surface area contributed by atoms with E-state index in [1.165, 1.54) is 0 Å². The van der Waals surface area contributed by atoms with Crippen LogP contribution in [0.25, 0.3) is 0 Å². The third-order valence-electron chi connectivity index (χ3n) is 2.86. The van der Waals surface area contributed by atoms with E-state index in [0.29, 0.717) is 5.92 Å². The van der Waals surface area contributed by atoms with Gasteiger partial charge < -0.3 is 10.1 Å². The van der Waals surface area contributed by atoms with Crippen LogP contribution >= 0.6 is 0 Å². The van der Waals surface area contributed by atoms with Gasteiger partial charge in [0.15, 0.2) is 0 Å². The van der Waals surface area contributed by atoms with E-state index in [1.54, 1.807) is 0 Å². The molecule has 4 heteroatoms. The second-order valence-electron chi connectivity index (χ2n) is 5.83. The van der Waals surface area contributed by atoms with Crippen molar-refractivity contribution in [2.45, 2.75) is 72.4 Å². The third kappa shape index (κ3) is 8.09. The predicted octanol–water partition coefficient (Wildman–Crippen LogP) is 2.66. The van der Waals surface area contributed by atoms with E-state index in [0.717, 1.165) is 6.42 Å². The number of esters is 1. The Hall–Kier alpha value is -1.06. The first kappa shape index (κ1) is 16.9. The number of carbonyl (C=O) groups is 2. The highest BCUT2D eigenvalue weighted by atomic mass is 16.6. The van der Waals surface area contributed by atoms with E-state index in [1.807, 2.05) is 27.7 Å². The fourth-order valence-electron chi connectivity index (χ4n) is 1.43. The Morgan fingerprint density at radius 2 is 1.72 bits per heavy atom. The summed E-state index contributed by atoms with van der Waals surface area (Å²) in [6.45, 7) is 11.6. The molecule has 0 bridgehead atoms. The Balaban J connectivity index is 3.94. The molecule has 0 saturated carbocycles. The van der Waals surface area contributed by atoms with Crippen LogP contribution < -0.4 is 5.32 Å². The molecular formula is C14H27NO3. The summed E-state index contributed by atoms with van der Waals surface area (Å²) in [6.07, 6.45) is 1.35. The van der Waals surface area contributed by atoms with E-state index in [-0.39, 0.29) is 30.8 Å². The van der Waals surface area contributed by atoms with Gasteiger partial charge in [-0.2, -0.15) is 0 Å². The zero-order valence-electron chi connectivity index (χ0n) is 12.5. The summed E-state index contributed by atoms with van der Waals surface area (Å²) >= 11 is 0. The number of carbonyl (C=O) groups excluding carboxylic acids is 2. The summed E-state index contributed by atoms with van der Waals surface area (Å²) < 4.78 is 5.14. The first-order valence-corrected chi connectivity index (χ1v) is 6.67. The molecule has 0 rings (SSSR count). The fraction of sp³-hybridized carbons (Fsp3) is 0.857. The molecule has 1 N–H and O–H groups in total. The standard InChI is InChI=1S/C14H27NO3/c1-7-10(2)11(3)15-12(16)8-9-13(17)18-14(4,5)6/h10-11H,7-9H2,1-6H3,(H,15,16). The van der Waals surface area contributed by atoms with Gasteiger partial charge in [0.2, 0.25) is 5.91 Å². The van der Waals surface area contributed by atoms with Crippen molar-refractivity contribution in [1.82, 2.24) is 5.32 Å². The van der Waals surface area contributed by atoms with Crippen LogP contribution in [0.1, 0.15) is 60.8 Å². The molecule has 2 unspecified atom stereocenters. The van der Waals surface area contributed by atoms with Crippen molar-refractivity contribution in [1.29, 1.82) is 0 Å². The maximum Gasteiger partial charge on any atom is 0.306 e. The molecule has 0 radical (unpaired) electrons. The molecule has 106 valence electrons. The van der Waals surface area contributed by atoms with E-state index in [4.69, 9.17) is 4.74 Å². The van der Waals surface area contributed by atoms with Crippen molar-refractivity contribution >= 4 is 11.9 Å². The van der Waals surface area contributed by atoms with Crippen LogP contribution in [0.2, 0.25) is 0 Å². The molecule has 0 aliphatic heterocycles. The third-order valence-corrected chi connectivity index (χ3v) is 2.86. The Bertz CT molecular complexity index is 281. The molecule has 4 nitrogen and oxygen atoms in total. The van der Waals surface area contributed by atoms with Crippen LogP contribution in [0.5, 0.6) is 0 Å². The highest BCUT2D eigenvalue weighted by Gasteiger charge is 2.18. The summed E-state index contributed by atoms with van der Waals surface area (Å²) in [7, 11) is 0. The fourth-order valence-corrected chi connectivity index (χ4v) is 1.43. The highest BCUT2D eigenvalue weighted by molar-refractivity contribution is 5.81. The lowest BCUT2D eigenvalue weighted by molar-refractivity contribution is -0.155. The Kier molecular flexibility index (Phi) is 6.96. The molecule has 0 aliphatic rings. The van der Waals surface area contributed by atoms with Gasteiger partial charge in [0, 0.05) is 12.5 Å². The molecule has 0 saturated heterocycles. The van der Waals surface area contributed by atoms with Crippen molar-refractivity contribution in [3.05, 3.63) is 0 Å². The van der Waals surface area contributed by atoms with Crippen LogP contribution in [-0.2, 0) is 14.3 Å². The van der Waals surface area contributed by atoms with Crippen molar-refractivity contribution in [2.24, 2.45) is 5.92 Å². The quantitative estimate of drug-likeness (QED) is 0.744. The van der Waals surface area contributed by atoms with Gasteiger partial charge in [0.1, 0.15) is 5.60 Å². The van der Waals surface area contributed by atoms with Crippen molar-refractivity contribution in [3.63, 3.8) is 0 Å². The summed E-state index contributed by atoms with van der Waals surface area (Å²) in [4.78, 5) is 23.1. The first-order chi connectivity index (χ1) is 8.15. The van der Waals surface area contributed by atoms with Gasteiger partial charge in [0.05, 0.1) is 6.42 Å². The number of amides is 1. The zero-order valence-corrected chi connectivity index (χ0v) is 12.5. The van der Waals surface area contributed by atoms with E-state index >= 15 is 0 Å². The van der Waals surface area contributed by atoms with E-state index < -0.39 is 5.60 Å². The molecular weight excluding hydrogens is 230 g/mol. The summed E-state index contributed by atoms with van der Waals surface area (Å²) in [5, 5.41) is 2.90. The predicted molar refractivity (Wildman–Crippen MR) is 72.1 cm³/mol. The normalized spacial score (nSPS) is 14.8. The highest BCUT2D eigenvalue weighted by Crippen LogP contribution is 2.10. The van der Waals surface area contributed by atoms with Crippen LogP contribution in [0, 0.1) is 5.92 Å². The first-order valence-electron chi connectivity index (χ1n) is 6.67. The molecule has 18 heavy (non-hydrogen) atoms. The molecule has 0 aromatic carbocycles. The Labute approximate surface area is 110 Å². The van der Waals surface area contributed by atoms with Gasteiger partial charge in [-0.05, 0) is 33.6 Å². The SMILES string of the molecule is CCC(C)C(C)NC(=O)CCC(=O)OC(C)(C)C. The summed E-state index contributed by atoms with van der Waals surface area (Å²) in [6, 6.07) is 0.140. The molecule has 0 aliphatic carbocycles. The van der Waals surface area contributed by atoms with E-state index in [9.17, 15) is 9.59 Å². The van der Waals surface area contributed by atoms with E-state index in [2.05, 4.69) is 19.2 Å². The molecule has 0 aromatic rings. The number of nitrogens with one attached hydrogen (secondary N) is 1. The number of hydrogen-bond donors (Lipinski definition) is 1. The van der Waals surface area contributed by atoms with Crippen molar-refractivity contribution in [3.8, 4) is 0 Å². The molecule has 2 atom stereocenters. The van der Waals surface area contributed by atoms with Gasteiger partial charge in [-0.25, -0.2) is 0 Å². The van der Waals surface area contributed by atoms with Crippen LogP contribution in [0.4, 0.5) is 0 Å². The maximum absolute atomic E-state index is 11.6. The molecule has 0 fully saturated rings. The minimum Gasteiger partial charge on any atom is -0.460 e. The van der Waals surface area contributed by atoms with Crippen molar-refractivity contribution in [2.75, 3.05) is 0 Å². The second-order valence-corrected chi connectivity index (χ2v) is 5.83. The minimum absolute atomic E-state index is 0.0892. The largest absolute Gasteiger partial charge is 0.460 e. The molecule has 0 heterocycles. The van der Waals surface area contributed by atoms with Gasteiger partial charge in [-0.1, -0.05) is 20.3 Å². The van der Waals surface area contributed by atoms with Crippen LogP contribution in [0.15, 0.2) is 0 Å². The number of rotatable bonds is 6. The summed E-state index contributed by atoms with van der Waals surface area (Å²) in [5.74, 6) is 0.0259. The van der Waals surface area contributed by atoms with Gasteiger partial charge in [-0.15, -0.1) is 0 Å². The van der Waals surface area contributed by atoms with Crippen molar-refractivity contribution < 1.29 is 14.3 Å². The second kappa shape index (κ2) is 7.39. The average molecular weight is 257 g/mol. The van der Waals surface area contributed by atoms with Crippen LogP contribution in [-0.4, -0.2) is 23.5 Å². The zero-order chi connectivity index (χ0) is 14.3. The minimum atomic E-state index is -0.489. The van der Waals surface area contributed by atoms with Crippen LogP contribution in [0.3, 0.4) is 0 Å². The van der Waals surface area contributed by atoms with Gasteiger partial charge in [-0.3, -0.25) is 9.59 Å².